The first-order chi connectivity index (χ1) is 9.37. The molecule has 108 valence electrons. The van der Waals surface area contributed by atoms with Crippen LogP contribution in [0.5, 0.6) is 0 Å². The smallest absolute Gasteiger partial charge is 0.284 e. The van der Waals surface area contributed by atoms with E-state index in [1.54, 1.807) is 14.0 Å². The second kappa shape index (κ2) is 5.41. The molecule has 0 aliphatic carbocycles. The highest BCUT2D eigenvalue weighted by Crippen LogP contribution is 2.27. The molecule has 8 heteroatoms. The van der Waals surface area contributed by atoms with Crippen molar-refractivity contribution in [2.75, 3.05) is 10.8 Å². The van der Waals surface area contributed by atoms with Crippen molar-refractivity contribution in [2.45, 2.75) is 11.9 Å². The average Bonchev–Trinajstić information content (AvgIpc) is 2.71. The van der Waals surface area contributed by atoms with Crippen LogP contribution >= 0.6 is 11.6 Å². The first-order valence-corrected chi connectivity index (χ1v) is 7.65. The van der Waals surface area contributed by atoms with Crippen LogP contribution in [0.4, 0.5) is 10.1 Å². The molecular weight excluding hydrogens is 305 g/mol. The van der Waals surface area contributed by atoms with Crippen LogP contribution in [-0.4, -0.2) is 24.5 Å². The van der Waals surface area contributed by atoms with Crippen LogP contribution in [0.2, 0.25) is 5.15 Å². The number of aromatic nitrogens is 2. The Kier molecular flexibility index (Phi) is 4.01. The summed E-state index contributed by atoms with van der Waals surface area (Å²) in [4.78, 5) is 3.81. The number of hydrogen-bond donors (Lipinski definition) is 0. The van der Waals surface area contributed by atoms with Gasteiger partial charge in [-0.2, -0.15) is 8.42 Å². The molecule has 0 atom stereocenters. The number of anilines is 1. The molecule has 1 aromatic carbocycles. The SMILES string of the molecule is CCN(c1cccc(F)c1)S(=O)(=O)c1ncn(C)c1Cl. The van der Waals surface area contributed by atoms with Gasteiger partial charge in [-0.1, -0.05) is 17.7 Å². The minimum absolute atomic E-state index is 0.0138. The van der Waals surface area contributed by atoms with Gasteiger partial charge in [-0.3, -0.25) is 4.31 Å². The number of hydrogen-bond acceptors (Lipinski definition) is 3. The molecule has 1 aromatic heterocycles. The summed E-state index contributed by atoms with van der Waals surface area (Å²) in [7, 11) is -2.34. The lowest BCUT2D eigenvalue weighted by molar-refractivity contribution is 0.588. The Morgan fingerprint density at radius 1 is 1.45 bits per heavy atom. The average molecular weight is 318 g/mol. The Hall–Kier alpha value is -1.60. The highest BCUT2D eigenvalue weighted by Gasteiger charge is 2.29. The first kappa shape index (κ1) is 14.8. The van der Waals surface area contributed by atoms with Gasteiger partial charge in [-0.15, -0.1) is 0 Å². The van der Waals surface area contributed by atoms with Crippen molar-refractivity contribution in [3.63, 3.8) is 0 Å². The molecule has 20 heavy (non-hydrogen) atoms. The van der Waals surface area contributed by atoms with Gasteiger partial charge in [-0.05, 0) is 25.1 Å². The Bertz CT molecular complexity index is 730. The van der Waals surface area contributed by atoms with Gasteiger partial charge in [0.15, 0.2) is 0 Å². The largest absolute Gasteiger partial charge is 0.324 e. The minimum Gasteiger partial charge on any atom is -0.324 e. The summed E-state index contributed by atoms with van der Waals surface area (Å²) >= 11 is 5.93. The lowest BCUT2D eigenvalue weighted by Crippen LogP contribution is -2.31. The minimum atomic E-state index is -3.93. The van der Waals surface area contributed by atoms with Crippen molar-refractivity contribution in [2.24, 2.45) is 7.05 Å². The van der Waals surface area contributed by atoms with Crippen molar-refractivity contribution < 1.29 is 12.8 Å². The fourth-order valence-corrected chi connectivity index (χ4v) is 3.66. The van der Waals surface area contributed by atoms with Gasteiger partial charge in [0.2, 0.25) is 5.03 Å². The number of halogens is 2. The number of nitrogens with zero attached hydrogens (tertiary/aromatic N) is 3. The van der Waals surface area contributed by atoms with Crippen LogP contribution in [0.1, 0.15) is 6.92 Å². The third-order valence-electron chi connectivity index (χ3n) is 2.75. The lowest BCUT2D eigenvalue weighted by atomic mass is 10.3. The van der Waals surface area contributed by atoms with E-state index in [9.17, 15) is 12.8 Å². The molecule has 0 N–H and O–H groups in total. The van der Waals surface area contributed by atoms with Gasteiger partial charge in [0.05, 0.1) is 12.0 Å². The van der Waals surface area contributed by atoms with E-state index >= 15 is 0 Å². The quantitative estimate of drug-likeness (QED) is 0.870. The van der Waals surface area contributed by atoms with Crippen molar-refractivity contribution in [3.8, 4) is 0 Å². The maximum atomic E-state index is 13.3. The van der Waals surface area contributed by atoms with Gasteiger partial charge in [0.1, 0.15) is 11.0 Å². The van der Waals surface area contributed by atoms with Crippen LogP contribution in [0.25, 0.3) is 0 Å². The summed E-state index contributed by atoms with van der Waals surface area (Å²) in [6.07, 6.45) is 1.31. The molecule has 2 rings (SSSR count). The van der Waals surface area contributed by atoms with Crippen LogP contribution in [0, 0.1) is 5.82 Å². The Balaban J connectivity index is 2.53. The maximum absolute atomic E-state index is 13.3. The van der Waals surface area contributed by atoms with Crippen molar-refractivity contribution in [1.29, 1.82) is 0 Å². The molecule has 2 aromatic rings. The lowest BCUT2D eigenvalue weighted by Gasteiger charge is -2.21. The van der Waals surface area contributed by atoms with E-state index in [1.807, 2.05) is 0 Å². The van der Waals surface area contributed by atoms with Crippen molar-refractivity contribution in [3.05, 3.63) is 41.6 Å². The van der Waals surface area contributed by atoms with Crippen molar-refractivity contribution in [1.82, 2.24) is 9.55 Å². The molecule has 0 amide bonds. The van der Waals surface area contributed by atoms with Gasteiger partial charge >= 0.3 is 0 Å². The fourth-order valence-electron chi connectivity index (χ4n) is 1.79. The van der Waals surface area contributed by atoms with E-state index in [2.05, 4.69) is 4.98 Å². The van der Waals surface area contributed by atoms with Gasteiger partial charge in [-0.25, -0.2) is 9.37 Å². The molecule has 0 unspecified atom stereocenters. The van der Waals surface area contributed by atoms with E-state index in [4.69, 9.17) is 11.6 Å². The molecule has 0 saturated heterocycles. The normalized spacial score (nSPS) is 11.6. The molecule has 0 spiro atoms. The van der Waals surface area contributed by atoms with Gasteiger partial charge in [0, 0.05) is 13.6 Å². The van der Waals surface area contributed by atoms with Crippen LogP contribution in [0.3, 0.4) is 0 Å². The molecule has 0 radical (unpaired) electrons. The van der Waals surface area contributed by atoms with Gasteiger partial charge < -0.3 is 4.57 Å². The zero-order valence-electron chi connectivity index (χ0n) is 10.9. The molecule has 0 aliphatic rings. The zero-order valence-corrected chi connectivity index (χ0v) is 12.5. The van der Waals surface area contributed by atoms with E-state index in [0.29, 0.717) is 0 Å². The molecule has 0 aliphatic heterocycles. The Morgan fingerprint density at radius 2 is 2.15 bits per heavy atom. The van der Waals surface area contributed by atoms with E-state index < -0.39 is 15.8 Å². The summed E-state index contributed by atoms with van der Waals surface area (Å²) < 4.78 is 40.8. The topological polar surface area (TPSA) is 55.2 Å². The van der Waals surface area contributed by atoms with Crippen LogP contribution in [-0.2, 0) is 17.1 Å². The van der Waals surface area contributed by atoms with E-state index in [0.717, 1.165) is 10.4 Å². The number of sulfonamides is 1. The molecule has 1 heterocycles. The molecule has 0 bridgehead atoms. The summed E-state index contributed by atoms with van der Waals surface area (Å²) in [5.41, 5.74) is 0.231. The highest BCUT2D eigenvalue weighted by atomic mass is 35.5. The van der Waals surface area contributed by atoms with Crippen LogP contribution < -0.4 is 4.31 Å². The standard InChI is InChI=1S/C12H13ClFN3O2S/c1-3-17(10-6-4-5-9(14)7-10)20(18,19)12-11(13)16(2)8-15-12/h4-8H,3H2,1-2H3. The second-order valence-corrected chi connectivity index (χ2v) is 6.24. The second-order valence-electron chi connectivity index (χ2n) is 4.10. The van der Waals surface area contributed by atoms with Crippen LogP contribution in [0.15, 0.2) is 35.6 Å². The molecular formula is C12H13ClFN3O2S. The number of imidazole rings is 1. The first-order valence-electron chi connectivity index (χ1n) is 5.83. The Morgan fingerprint density at radius 3 is 2.65 bits per heavy atom. The predicted octanol–water partition coefficient (Wildman–Crippen LogP) is 2.43. The third-order valence-corrected chi connectivity index (χ3v) is 5.15. The molecule has 0 fully saturated rings. The van der Waals surface area contributed by atoms with Crippen molar-refractivity contribution >= 4 is 27.3 Å². The maximum Gasteiger partial charge on any atom is 0.284 e. The van der Waals surface area contributed by atoms with E-state index in [1.165, 1.54) is 29.1 Å². The summed E-state index contributed by atoms with van der Waals surface area (Å²) in [6, 6.07) is 5.36. The molecule has 0 saturated carbocycles. The van der Waals surface area contributed by atoms with E-state index in [-0.39, 0.29) is 22.4 Å². The zero-order chi connectivity index (χ0) is 14.9. The monoisotopic (exact) mass is 317 g/mol. The summed E-state index contributed by atoms with van der Waals surface area (Å²) in [5, 5.41) is -0.229. The summed E-state index contributed by atoms with van der Waals surface area (Å²) in [6.45, 7) is 1.79. The fraction of sp³-hybridized carbons (Fsp3) is 0.250. The highest BCUT2D eigenvalue weighted by molar-refractivity contribution is 7.92. The number of benzene rings is 1. The predicted molar refractivity (Wildman–Crippen MR) is 74.8 cm³/mol. The third kappa shape index (κ3) is 2.51. The number of aryl methyl sites for hydroxylation is 1. The van der Waals surface area contributed by atoms with Gasteiger partial charge in [0.25, 0.3) is 10.0 Å². The molecule has 5 nitrogen and oxygen atoms in total. The number of rotatable bonds is 4. The Labute approximate surface area is 121 Å². The summed E-state index contributed by atoms with van der Waals surface area (Å²) in [5.74, 6) is -0.511.